The van der Waals surface area contributed by atoms with Crippen molar-refractivity contribution in [2.75, 3.05) is 6.54 Å². The fourth-order valence-electron chi connectivity index (χ4n) is 2.65. The van der Waals surface area contributed by atoms with E-state index in [0.29, 0.717) is 28.8 Å². The van der Waals surface area contributed by atoms with Crippen LogP contribution in [0.25, 0.3) is 0 Å². The highest BCUT2D eigenvalue weighted by Crippen LogP contribution is 2.32. The van der Waals surface area contributed by atoms with Crippen LogP contribution in [-0.4, -0.2) is 38.8 Å². The number of carbonyl (C=O) groups excluding carboxylic acids is 1. The first-order valence-corrected chi connectivity index (χ1v) is 9.49. The highest BCUT2D eigenvalue weighted by molar-refractivity contribution is 8.15. The smallest absolute Gasteiger partial charge is 0.335 e. The molecule has 1 aliphatic heterocycles. The molecule has 5 nitrogen and oxygen atoms in total. The molecular formula is C20H17ClN2O3S. The van der Waals surface area contributed by atoms with Gasteiger partial charge in [0.2, 0.25) is 5.91 Å². The van der Waals surface area contributed by atoms with Crippen molar-refractivity contribution < 1.29 is 14.7 Å². The standard InChI is InChI=1S/C20H17ClN2O3S/c1-2-11-23-18(24)17(12-13-3-7-15(21)8-4-13)27-20(23)22-16-9-5-14(6-10-16)19(25)26/h2-10,17H,1,11-12H2,(H,25,26). The van der Waals surface area contributed by atoms with Gasteiger partial charge in [0.1, 0.15) is 0 Å². The molecule has 1 aliphatic rings. The number of rotatable bonds is 6. The summed E-state index contributed by atoms with van der Waals surface area (Å²) < 4.78 is 0. The average Bonchev–Trinajstić information content (AvgIpc) is 2.93. The Morgan fingerprint density at radius 2 is 1.89 bits per heavy atom. The van der Waals surface area contributed by atoms with Crippen molar-refractivity contribution in [3.63, 3.8) is 0 Å². The maximum absolute atomic E-state index is 12.8. The number of carboxylic acid groups (broad SMARTS) is 1. The van der Waals surface area contributed by atoms with E-state index in [1.54, 1.807) is 23.1 Å². The van der Waals surface area contributed by atoms with Crippen LogP contribution in [0.3, 0.4) is 0 Å². The van der Waals surface area contributed by atoms with Crippen molar-refractivity contribution in [2.45, 2.75) is 11.7 Å². The number of aromatic carboxylic acids is 1. The first-order valence-electron chi connectivity index (χ1n) is 8.23. The molecule has 0 aromatic heterocycles. The monoisotopic (exact) mass is 400 g/mol. The number of hydrogen-bond acceptors (Lipinski definition) is 4. The van der Waals surface area contributed by atoms with Gasteiger partial charge in [-0.05, 0) is 48.4 Å². The number of carboxylic acids is 1. The molecule has 1 unspecified atom stereocenters. The normalized spacial score (nSPS) is 18.1. The van der Waals surface area contributed by atoms with Gasteiger partial charge in [0.15, 0.2) is 5.17 Å². The summed E-state index contributed by atoms with van der Waals surface area (Å²) in [4.78, 5) is 29.9. The Bertz CT molecular complexity index is 894. The van der Waals surface area contributed by atoms with Crippen LogP contribution in [0, 0.1) is 0 Å². The van der Waals surface area contributed by atoms with Crippen molar-refractivity contribution in [1.82, 2.24) is 4.90 Å². The minimum Gasteiger partial charge on any atom is -0.478 e. The number of hydrogen-bond donors (Lipinski definition) is 1. The Labute approximate surface area is 166 Å². The number of halogens is 1. The minimum atomic E-state index is -0.990. The highest BCUT2D eigenvalue weighted by atomic mass is 35.5. The van der Waals surface area contributed by atoms with Crippen LogP contribution >= 0.6 is 23.4 Å². The zero-order chi connectivity index (χ0) is 19.4. The molecule has 0 radical (unpaired) electrons. The maximum atomic E-state index is 12.8. The molecule has 1 fully saturated rings. The third-order valence-corrected chi connectivity index (χ3v) is 5.43. The van der Waals surface area contributed by atoms with Gasteiger partial charge in [-0.1, -0.05) is 41.6 Å². The third-order valence-electron chi connectivity index (χ3n) is 4.01. The van der Waals surface area contributed by atoms with E-state index >= 15 is 0 Å². The van der Waals surface area contributed by atoms with Gasteiger partial charge in [-0.25, -0.2) is 9.79 Å². The Hall–Kier alpha value is -2.57. The van der Waals surface area contributed by atoms with E-state index in [2.05, 4.69) is 11.6 Å². The van der Waals surface area contributed by atoms with Crippen LogP contribution < -0.4 is 0 Å². The molecular weight excluding hydrogens is 384 g/mol. The van der Waals surface area contributed by atoms with Crippen LogP contribution in [0.4, 0.5) is 5.69 Å². The van der Waals surface area contributed by atoms with Crippen molar-refractivity contribution in [3.05, 3.63) is 77.3 Å². The number of benzene rings is 2. The van der Waals surface area contributed by atoms with Crippen LogP contribution in [-0.2, 0) is 11.2 Å². The number of carbonyl (C=O) groups is 2. The lowest BCUT2D eigenvalue weighted by Gasteiger charge is -2.13. The molecule has 2 aromatic rings. The molecule has 1 N–H and O–H groups in total. The van der Waals surface area contributed by atoms with Gasteiger partial charge in [-0.2, -0.15) is 0 Å². The predicted molar refractivity (Wildman–Crippen MR) is 109 cm³/mol. The van der Waals surface area contributed by atoms with Crippen LogP contribution in [0.1, 0.15) is 15.9 Å². The predicted octanol–water partition coefficient (Wildman–Crippen LogP) is 4.40. The van der Waals surface area contributed by atoms with Crippen LogP contribution in [0.2, 0.25) is 5.02 Å². The molecule has 27 heavy (non-hydrogen) atoms. The number of nitrogens with zero attached hydrogens (tertiary/aromatic N) is 2. The molecule has 0 saturated carbocycles. The fraction of sp³-hybridized carbons (Fsp3) is 0.150. The van der Waals surface area contributed by atoms with Crippen molar-refractivity contribution >= 4 is 46.1 Å². The first kappa shape index (κ1) is 19.2. The summed E-state index contributed by atoms with van der Waals surface area (Å²) in [6, 6.07) is 13.7. The summed E-state index contributed by atoms with van der Waals surface area (Å²) in [5.41, 5.74) is 1.81. The molecule has 0 aliphatic carbocycles. The lowest BCUT2D eigenvalue weighted by molar-refractivity contribution is -0.125. The van der Waals surface area contributed by atoms with E-state index in [1.165, 1.54) is 23.9 Å². The topological polar surface area (TPSA) is 70.0 Å². The second kappa shape index (κ2) is 8.41. The van der Waals surface area contributed by atoms with Crippen LogP contribution in [0.15, 0.2) is 66.2 Å². The van der Waals surface area contributed by atoms with Gasteiger partial charge in [-0.15, -0.1) is 6.58 Å². The third kappa shape index (κ3) is 4.59. The molecule has 3 rings (SSSR count). The molecule has 7 heteroatoms. The largest absolute Gasteiger partial charge is 0.478 e. The SMILES string of the molecule is C=CCN1C(=O)C(Cc2ccc(Cl)cc2)SC1=Nc1ccc(C(=O)O)cc1. The zero-order valence-corrected chi connectivity index (χ0v) is 15.9. The van der Waals surface area contributed by atoms with E-state index < -0.39 is 5.97 Å². The second-order valence-corrected chi connectivity index (χ2v) is 7.53. The van der Waals surface area contributed by atoms with Crippen molar-refractivity contribution in [3.8, 4) is 0 Å². The van der Waals surface area contributed by atoms with Crippen molar-refractivity contribution in [1.29, 1.82) is 0 Å². The van der Waals surface area contributed by atoms with Gasteiger partial charge < -0.3 is 5.11 Å². The molecule has 138 valence electrons. The van der Waals surface area contributed by atoms with Crippen molar-refractivity contribution in [2.24, 2.45) is 4.99 Å². The first-order chi connectivity index (χ1) is 13.0. The summed E-state index contributed by atoms with van der Waals surface area (Å²) in [5, 5.41) is 9.95. The fourth-order valence-corrected chi connectivity index (χ4v) is 3.98. The lowest BCUT2D eigenvalue weighted by Crippen LogP contribution is -2.32. The molecule has 0 spiro atoms. The van der Waals surface area contributed by atoms with E-state index in [4.69, 9.17) is 16.7 Å². The molecule has 2 aromatic carbocycles. The van der Waals surface area contributed by atoms with E-state index in [1.807, 2.05) is 24.3 Å². The second-order valence-electron chi connectivity index (χ2n) is 5.92. The van der Waals surface area contributed by atoms with Gasteiger partial charge in [0.05, 0.1) is 16.5 Å². The van der Waals surface area contributed by atoms with Gasteiger partial charge in [-0.3, -0.25) is 9.69 Å². The maximum Gasteiger partial charge on any atom is 0.335 e. The van der Waals surface area contributed by atoms with Gasteiger partial charge in [0.25, 0.3) is 0 Å². The summed E-state index contributed by atoms with van der Waals surface area (Å²) in [6.45, 7) is 4.08. The van der Waals surface area contributed by atoms with E-state index in [-0.39, 0.29) is 16.7 Å². The number of amidine groups is 1. The lowest BCUT2D eigenvalue weighted by atomic mass is 10.1. The minimum absolute atomic E-state index is 0.0178. The van der Waals surface area contributed by atoms with E-state index in [0.717, 1.165) is 5.56 Å². The summed E-state index contributed by atoms with van der Waals surface area (Å²) in [5.74, 6) is -1.01. The molecule has 1 amide bonds. The van der Waals surface area contributed by atoms with Crippen LogP contribution in [0.5, 0.6) is 0 Å². The molecule has 1 heterocycles. The Balaban J connectivity index is 1.82. The average molecular weight is 401 g/mol. The van der Waals surface area contributed by atoms with Gasteiger partial charge in [0, 0.05) is 11.6 Å². The Morgan fingerprint density at radius 1 is 1.22 bits per heavy atom. The molecule has 0 bridgehead atoms. The summed E-state index contributed by atoms with van der Waals surface area (Å²) in [7, 11) is 0. The zero-order valence-electron chi connectivity index (χ0n) is 14.3. The number of aliphatic imine (C=N–C) groups is 1. The number of thioether (sulfide) groups is 1. The van der Waals surface area contributed by atoms with E-state index in [9.17, 15) is 9.59 Å². The molecule has 1 saturated heterocycles. The highest BCUT2D eigenvalue weighted by Gasteiger charge is 2.37. The summed E-state index contributed by atoms with van der Waals surface area (Å²) >= 11 is 7.32. The quantitative estimate of drug-likeness (QED) is 0.729. The Kier molecular flexibility index (Phi) is 5.98. The molecule has 1 atom stereocenters. The Morgan fingerprint density at radius 3 is 2.48 bits per heavy atom. The summed E-state index contributed by atoms with van der Waals surface area (Å²) in [6.07, 6.45) is 2.23. The number of amides is 1. The van der Waals surface area contributed by atoms with Gasteiger partial charge >= 0.3 is 5.97 Å².